The molecular weight excluding hydrogens is 342 g/mol. The van der Waals surface area contributed by atoms with Gasteiger partial charge in [-0.1, -0.05) is 18.2 Å². The summed E-state index contributed by atoms with van der Waals surface area (Å²) in [6.07, 6.45) is 2.09. The first kappa shape index (κ1) is 17.0. The molecule has 0 spiro atoms. The molecule has 0 saturated carbocycles. The zero-order valence-corrected chi connectivity index (χ0v) is 14.9. The number of aryl methyl sites for hydroxylation is 1. The third-order valence-corrected chi connectivity index (χ3v) is 4.62. The van der Waals surface area contributed by atoms with Crippen LogP contribution in [0.15, 0.2) is 48.5 Å². The molecule has 6 nitrogen and oxygen atoms in total. The van der Waals surface area contributed by atoms with Crippen molar-refractivity contribution in [1.82, 2.24) is 4.98 Å². The number of amides is 2. The Kier molecular flexibility index (Phi) is 4.46. The number of nitrogens with zero attached hydrogens (tertiary/aromatic N) is 1. The number of carbonyl (C=O) groups is 2. The van der Waals surface area contributed by atoms with Crippen molar-refractivity contribution in [2.75, 3.05) is 17.7 Å². The molecule has 0 bridgehead atoms. The van der Waals surface area contributed by atoms with E-state index < -0.39 is 0 Å². The number of anilines is 2. The van der Waals surface area contributed by atoms with Crippen LogP contribution in [-0.4, -0.2) is 23.9 Å². The average Bonchev–Trinajstić information content (AvgIpc) is 2.87. The molecule has 2 amide bonds. The number of hydrogen-bond acceptors (Lipinski definition) is 4. The highest BCUT2D eigenvalue weighted by Crippen LogP contribution is 2.27. The van der Waals surface area contributed by atoms with Crippen molar-refractivity contribution >= 4 is 34.0 Å². The maximum absolute atomic E-state index is 12.7. The lowest BCUT2D eigenvalue weighted by atomic mass is 10.1. The molecule has 2 aromatic carbocycles. The molecule has 27 heavy (non-hydrogen) atoms. The maximum atomic E-state index is 12.7. The molecule has 0 atom stereocenters. The second-order valence-corrected chi connectivity index (χ2v) is 6.47. The predicted molar refractivity (Wildman–Crippen MR) is 104 cm³/mol. The summed E-state index contributed by atoms with van der Waals surface area (Å²) in [6.45, 7) is 0. The van der Waals surface area contributed by atoms with Gasteiger partial charge >= 0.3 is 0 Å². The summed E-state index contributed by atoms with van der Waals surface area (Å²) in [4.78, 5) is 28.7. The monoisotopic (exact) mass is 361 g/mol. The van der Waals surface area contributed by atoms with E-state index in [-0.39, 0.29) is 17.5 Å². The number of pyridine rings is 1. The zero-order valence-electron chi connectivity index (χ0n) is 14.9. The van der Waals surface area contributed by atoms with E-state index in [2.05, 4.69) is 15.6 Å². The number of methoxy groups -OCH3 is 1. The van der Waals surface area contributed by atoms with Crippen molar-refractivity contribution in [2.24, 2.45) is 0 Å². The third kappa shape index (κ3) is 3.46. The van der Waals surface area contributed by atoms with E-state index in [1.807, 2.05) is 36.4 Å². The fourth-order valence-corrected chi connectivity index (χ4v) is 3.29. The summed E-state index contributed by atoms with van der Waals surface area (Å²) in [6, 6.07) is 14.9. The van der Waals surface area contributed by atoms with Crippen LogP contribution >= 0.6 is 0 Å². The molecule has 1 aromatic heterocycles. The van der Waals surface area contributed by atoms with E-state index in [1.165, 1.54) is 7.11 Å². The minimum absolute atomic E-state index is 0.0259. The lowest BCUT2D eigenvalue weighted by Crippen LogP contribution is -2.14. The van der Waals surface area contributed by atoms with Crippen molar-refractivity contribution in [3.8, 4) is 5.88 Å². The van der Waals surface area contributed by atoms with Gasteiger partial charge in [0.2, 0.25) is 11.8 Å². The van der Waals surface area contributed by atoms with Crippen LogP contribution in [0.1, 0.15) is 28.9 Å². The number of hydrogen-bond donors (Lipinski definition) is 2. The molecule has 0 aliphatic carbocycles. The first-order valence-electron chi connectivity index (χ1n) is 8.82. The van der Waals surface area contributed by atoms with E-state index >= 15 is 0 Å². The van der Waals surface area contributed by atoms with Gasteiger partial charge in [0.25, 0.3) is 5.91 Å². The molecule has 4 rings (SSSR count). The Labute approximate surface area is 156 Å². The van der Waals surface area contributed by atoms with Crippen molar-refractivity contribution in [3.63, 3.8) is 0 Å². The molecule has 0 radical (unpaired) electrons. The quantitative estimate of drug-likeness (QED) is 0.744. The van der Waals surface area contributed by atoms with Gasteiger partial charge in [0, 0.05) is 23.2 Å². The third-order valence-electron chi connectivity index (χ3n) is 4.62. The van der Waals surface area contributed by atoms with E-state index in [1.54, 1.807) is 12.1 Å². The van der Waals surface area contributed by atoms with Crippen LogP contribution < -0.4 is 15.4 Å². The number of aromatic nitrogens is 1. The Bertz CT molecular complexity index is 1050. The molecular formula is C21H19N3O3. The van der Waals surface area contributed by atoms with E-state index in [9.17, 15) is 9.59 Å². The van der Waals surface area contributed by atoms with Crippen LogP contribution in [0.5, 0.6) is 5.88 Å². The highest BCUT2D eigenvalue weighted by molar-refractivity contribution is 6.05. The zero-order chi connectivity index (χ0) is 18.8. The van der Waals surface area contributed by atoms with E-state index in [0.29, 0.717) is 18.0 Å². The van der Waals surface area contributed by atoms with E-state index in [0.717, 1.165) is 34.9 Å². The maximum Gasteiger partial charge on any atom is 0.274 e. The summed E-state index contributed by atoms with van der Waals surface area (Å²) in [7, 11) is 1.54. The van der Waals surface area contributed by atoms with Crippen LogP contribution in [0, 0.1) is 0 Å². The fraction of sp³-hybridized carbons (Fsp3) is 0.190. The molecule has 3 aromatic rings. The molecule has 136 valence electrons. The number of carbonyl (C=O) groups excluding carboxylic acids is 2. The van der Waals surface area contributed by atoms with Crippen LogP contribution in [0.2, 0.25) is 0 Å². The summed E-state index contributed by atoms with van der Waals surface area (Å²) >= 11 is 0. The minimum atomic E-state index is -0.309. The fourth-order valence-electron chi connectivity index (χ4n) is 3.29. The molecule has 2 N–H and O–H groups in total. The first-order chi connectivity index (χ1) is 13.1. The Balaban J connectivity index is 1.62. The van der Waals surface area contributed by atoms with Crippen LogP contribution in [0.4, 0.5) is 11.4 Å². The van der Waals surface area contributed by atoms with Gasteiger partial charge in [0.1, 0.15) is 5.69 Å². The molecule has 0 fully saturated rings. The minimum Gasteiger partial charge on any atom is -0.481 e. The molecule has 2 heterocycles. The highest BCUT2D eigenvalue weighted by atomic mass is 16.5. The normalized spacial score (nSPS) is 13.4. The van der Waals surface area contributed by atoms with Gasteiger partial charge in [0.15, 0.2) is 0 Å². The molecule has 0 saturated heterocycles. The summed E-state index contributed by atoms with van der Waals surface area (Å²) < 4.78 is 5.34. The summed E-state index contributed by atoms with van der Waals surface area (Å²) in [5.74, 6) is 0.137. The average molecular weight is 361 g/mol. The highest BCUT2D eigenvalue weighted by Gasteiger charge is 2.16. The first-order valence-corrected chi connectivity index (χ1v) is 8.82. The standard InChI is InChI=1S/C21H19N3O3/c1-27-21-16-7-3-2-5-13(16)12-18(24-21)20(26)22-15-9-10-17-14(11-15)6-4-8-19(25)23-17/h2-3,5,7,9-12H,4,6,8H2,1H3,(H,22,26)(H,23,25). The van der Waals surface area contributed by atoms with Gasteiger partial charge < -0.3 is 15.4 Å². The van der Waals surface area contributed by atoms with Gasteiger partial charge in [0.05, 0.1) is 7.11 Å². The van der Waals surface area contributed by atoms with Gasteiger partial charge in [-0.15, -0.1) is 0 Å². The summed E-state index contributed by atoms with van der Waals surface area (Å²) in [5.41, 5.74) is 2.78. The second kappa shape index (κ2) is 7.07. The van der Waals surface area contributed by atoms with Crippen LogP contribution in [-0.2, 0) is 11.2 Å². The number of benzene rings is 2. The Hall–Kier alpha value is -3.41. The number of nitrogens with one attached hydrogen (secondary N) is 2. The van der Waals surface area contributed by atoms with Crippen molar-refractivity contribution in [2.45, 2.75) is 19.3 Å². The summed E-state index contributed by atoms with van der Waals surface area (Å²) in [5, 5.41) is 7.52. The van der Waals surface area contributed by atoms with E-state index in [4.69, 9.17) is 4.74 Å². The topological polar surface area (TPSA) is 80.3 Å². The van der Waals surface area contributed by atoms with Crippen molar-refractivity contribution in [3.05, 3.63) is 59.8 Å². The van der Waals surface area contributed by atoms with Gasteiger partial charge in [-0.2, -0.15) is 0 Å². The lowest BCUT2D eigenvalue weighted by Gasteiger charge is -2.11. The predicted octanol–water partition coefficient (Wildman–Crippen LogP) is 3.77. The van der Waals surface area contributed by atoms with Gasteiger partial charge in [-0.25, -0.2) is 4.98 Å². The van der Waals surface area contributed by atoms with Gasteiger partial charge in [-0.3, -0.25) is 9.59 Å². The van der Waals surface area contributed by atoms with Crippen LogP contribution in [0.3, 0.4) is 0 Å². The molecule has 1 aliphatic heterocycles. The smallest absolute Gasteiger partial charge is 0.274 e. The van der Waals surface area contributed by atoms with Gasteiger partial charge in [-0.05, 0) is 54.1 Å². The second-order valence-electron chi connectivity index (χ2n) is 6.47. The largest absolute Gasteiger partial charge is 0.481 e. The Morgan fingerprint density at radius 1 is 1.15 bits per heavy atom. The van der Waals surface area contributed by atoms with Crippen molar-refractivity contribution < 1.29 is 14.3 Å². The SMILES string of the molecule is COc1nc(C(=O)Nc2ccc3c(c2)CCCC(=O)N3)cc2ccccc12. The van der Waals surface area contributed by atoms with Crippen LogP contribution in [0.25, 0.3) is 10.8 Å². The van der Waals surface area contributed by atoms with Crippen molar-refractivity contribution in [1.29, 1.82) is 0 Å². The number of ether oxygens (including phenoxy) is 1. The Morgan fingerprint density at radius 2 is 2.00 bits per heavy atom. The Morgan fingerprint density at radius 3 is 2.85 bits per heavy atom. The number of rotatable bonds is 3. The number of fused-ring (bicyclic) bond motifs is 2. The molecule has 0 unspecified atom stereocenters. The lowest BCUT2D eigenvalue weighted by molar-refractivity contribution is -0.116. The molecule has 1 aliphatic rings. The molecule has 6 heteroatoms.